The number of carbonyl (C=O) groups excluding carboxylic acids is 1. The first kappa shape index (κ1) is 15.1. The van der Waals surface area contributed by atoms with Gasteiger partial charge in [0, 0.05) is 18.2 Å². The Kier molecular flexibility index (Phi) is 5.23. The third kappa shape index (κ3) is 4.10. The molecule has 1 aromatic carbocycles. The number of halogens is 1. The van der Waals surface area contributed by atoms with E-state index in [9.17, 15) is 4.79 Å². The number of nitrogens with two attached hydrogens (primary N) is 1. The number of nitrogens with zero attached hydrogens (tertiary/aromatic N) is 1. The Morgan fingerprint density at radius 1 is 1.55 bits per heavy atom. The SMILES string of the molecule is Nc1cc(Cl)ccc1NC(=O)CN1CCC(CCO)C1. The second kappa shape index (κ2) is 6.92. The molecule has 1 aliphatic rings. The zero-order valence-corrected chi connectivity index (χ0v) is 12.1. The summed E-state index contributed by atoms with van der Waals surface area (Å²) in [6.45, 7) is 2.33. The number of amides is 1. The van der Waals surface area contributed by atoms with E-state index in [0.717, 1.165) is 25.9 Å². The van der Waals surface area contributed by atoms with E-state index in [1.54, 1.807) is 18.2 Å². The van der Waals surface area contributed by atoms with E-state index < -0.39 is 0 Å². The average Bonchev–Trinajstić information content (AvgIpc) is 2.81. The molecule has 0 saturated carbocycles. The minimum atomic E-state index is -0.0799. The minimum absolute atomic E-state index is 0.0799. The fourth-order valence-corrected chi connectivity index (χ4v) is 2.70. The van der Waals surface area contributed by atoms with Gasteiger partial charge in [-0.3, -0.25) is 9.69 Å². The van der Waals surface area contributed by atoms with Crippen molar-refractivity contribution in [3.05, 3.63) is 23.2 Å². The summed E-state index contributed by atoms with van der Waals surface area (Å²) in [4.78, 5) is 14.1. The molecule has 1 saturated heterocycles. The van der Waals surface area contributed by atoms with Crippen LogP contribution in [0.5, 0.6) is 0 Å². The second-order valence-corrected chi connectivity index (χ2v) is 5.62. The first-order chi connectivity index (χ1) is 9.58. The highest BCUT2D eigenvalue weighted by Gasteiger charge is 2.23. The fraction of sp³-hybridized carbons (Fsp3) is 0.500. The maximum Gasteiger partial charge on any atom is 0.238 e. The number of nitrogens with one attached hydrogen (secondary N) is 1. The topological polar surface area (TPSA) is 78.6 Å². The molecule has 2 rings (SSSR count). The number of aliphatic hydroxyl groups is 1. The molecule has 0 spiro atoms. The molecule has 1 aliphatic heterocycles. The van der Waals surface area contributed by atoms with Crippen molar-refractivity contribution >= 4 is 28.9 Å². The average molecular weight is 298 g/mol. The van der Waals surface area contributed by atoms with Crippen LogP contribution in [0.15, 0.2) is 18.2 Å². The van der Waals surface area contributed by atoms with Crippen molar-refractivity contribution in [3.63, 3.8) is 0 Å². The van der Waals surface area contributed by atoms with Gasteiger partial charge < -0.3 is 16.2 Å². The molecule has 1 atom stereocenters. The molecule has 1 heterocycles. The molecular formula is C14H20ClN3O2. The molecule has 5 nitrogen and oxygen atoms in total. The fourth-order valence-electron chi connectivity index (χ4n) is 2.51. The van der Waals surface area contributed by atoms with E-state index in [-0.39, 0.29) is 12.5 Å². The van der Waals surface area contributed by atoms with Crippen LogP contribution < -0.4 is 11.1 Å². The van der Waals surface area contributed by atoms with Gasteiger partial charge in [0.1, 0.15) is 0 Å². The van der Waals surface area contributed by atoms with Gasteiger partial charge in [-0.25, -0.2) is 0 Å². The monoisotopic (exact) mass is 297 g/mol. The Balaban J connectivity index is 1.84. The zero-order valence-electron chi connectivity index (χ0n) is 11.3. The third-order valence-corrected chi connectivity index (χ3v) is 3.80. The highest BCUT2D eigenvalue weighted by Crippen LogP contribution is 2.23. The minimum Gasteiger partial charge on any atom is -0.397 e. The quantitative estimate of drug-likeness (QED) is 0.721. The van der Waals surface area contributed by atoms with Gasteiger partial charge in [-0.05, 0) is 43.5 Å². The van der Waals surface area contributed by atoms with Crippen LogP contribution >= 0.6 is 11.6 Å². The molecule has 6 heteroatoms. The molecular weight excluding hydrogens is 278 g/mol. The van der Waals surface area contributed by atoms with E-state index in [2.05, 4.69) is 10.2 Å². The Bertz CT molecular complexity index is 481. The summed E-state index contributed by atoms with van der Waals surface area (Å²) >= 11 is 5.82. The normalized spacial score (nSPS) is 19.2. The van der Waals surface area contributed by atoms with Crippen LogP contribution in [0.1, 0.15) is 12.8 Å². The Labute approximate surface area is 123 Å². The van der Waals surface area contributed by atoms with E-state index in [1.807, 2.05) is 0 Å². The smallest absolute Gasteiger partial charge is 0.238 e. The van der Waals surface area contributed by atoms with Crippen molar-refractivity contribution in [2.45, 2.75) is 12.8 Å². The van der Waals surface area contributed by atoms with E-state index in [1.165, 1.54) is 0 Å². The summed E-state index contributed by atoms with van der Waals surface area (Å²) in [5.41, 5.74) is 6.85. The van der Waals surface area contributed by atoms with Crippen molar-refractivity contribution < 1.29 is 9.90 Å². The molecule has 1 amide bonds. The van der Waals surface area contributed by atoms with E-state index in [4.69, 9.17) is 22.4 Å². The molecule has 110 valence electrons. The van der Waals surface area contributed by atoms with Crippen molar-refractivity contribution in [1.82, 2.24) is 4.90 Å². The highest BCUT2D eigenvalue weighted by molar-refractivity contribution is 6.31. The van der Waals surface area contributed by atoms with Crippen molar-refractivity contribution in [1.29, 1.82) is 0 Å². The van der Waals surface area contributed by atoms with Gasteiger partial charge in [0.25, 0.3) is 0 Å². The number of likely N-dealkylation sites (tertiary alicyclic amines) is 1. The summed E-state index contributed by atoms with van der Waals surface area (Å²) in [5, 5.41) is 12.3. The third-order valence-electron chi connectivity index (χ3n) is 3.56. The van der Waals surface area contributed by atoms with Crippen LogP contribution in [0.3, 0.4) is 0 Å². The summed E-state index contributed by atoms with van der Waals surface area (Å²) in [6.07, 6.45) is 1.85. The molecule has 0 aromatic heterocycles. The molecule has 1 fully saturated rings. The van der Waals surface area contributed by atoms with Crippen LogP contribution in [-0.4, -0.2) is 42.2 Å². The predicted octanol–water partition coefficient (Wildman–Crippen LogP) is 1.56. The van der Waals surface area contributed by atoms with Crippen LogP contribution in [0.4, 0.5) is 11.4 Å². The van der Waals surface area contributed by atoms with Gasteiger partial charge in [-0.1, -0.05) is 11.6 Å². The lowest BCUT2D eigenvalue weighted by Crippen LogP contribution is -2.31. The summed E-state index contributed by atoms with van der Waals surface area (Å²) in [6, 6.07) is 5.01. The Morgan fingerprint density at radius 2 is 2.35 bits per heavy atom. The van der Waals surface area contributed by atoms with E-state index in [0.29, 0.717) is 28.9 Å². The van der Waals surface area contributed by atoms with Gasteiger partial charge in [-0.15, -0.1) is 0 Å². The maximum atomic E-state index is 12.0. The number of carbonyl (C=O) groups is 1. The molecule has 1 aromatic rings. The standard InChI is InChI=1S/C14H20ClN3O2/c15-11-1-2-13(12(16)7-11)17-14(20)9-18-5-3-10(8-18)4-6-19/h1-2,7,10,19H,3-6,8-9,16H2,(H,17,20). The number of anilines is 2. The summed E-state index contributed by atoms with van der Waals surface area (Å²) < 4.78 is 0. The van der Waals surface area contributed by atoms with Gasteiger partial charge in [0.05, 0.1) is 17.9 Å². The molecule has 0 aliphatic carbocycles. The van der Waals surface area contributed by atoms with Gasteiger partial charge >= 0.3 is 0 Å². The first-order valence-corrected chi connectivity index (χ1v) is 7.14. The highest BCUT2D eigenvalue weighted by atomic mass is 35.5. The van der Waals surface area contributed by atoms with Crippen molar-refractivity contribution in [3.8, 4) is 0 Å². The van der Waals surface area contributed by atoms with Gasteiger partial charge in [0.2, 0.25) is 5.91 Å². The Hall–Kier alpha value is -1.30. The molecule has 0 radical (unpaired) electrons. The first-order valence-electron chi connectivity index (χ1n) is 6.76. The maximum absolute atomic E-state index is 12.0. The van der Waals surface area contributed by atoms with Crippen LogP contribution in [-0.2, 0) is 4.79 Å². The lowest BCUT2D eigenvalue weighted by atomic mass is 10.1. The van der Waals surface area contributed by atoms with Crippen molar-refractivity contribution in [2.24, 2.45) is 5.92 Å². The van der Waals surface area contributed by atoms with Crippen LogP contribution in [0.2, 0.25) is 5.02 Å². The Morgan fingerprint density at radius 3 is 3.05 bits per heavy atom. The van der Waals surface area contributed by atoms with Gasteiger partial charge in [-0.2, -0.15) is 0 Å². The summed E-state index contributed by atoms with van der Waals surface area (Å²) in [5.74, 6) is 0.414. The largest absolute Gasteiger partial charge is 0.397 e. The second-order valence-electron chi connectivity index (χ2n) is 5.18. The number of hydrogen-bond acceptors (Lipinski definition) is 4. The van der Waals surface area contributed by atoms with Crippen molar-refractivity contribution in [2.75, 3.05) is 37.3 Å². The van der Waals surface area contributed by atoms with Crippen LogP contribution in [0, 0.1) is 5.92 Å². The number of aliphatic hydroxyl groups excluding tert-OH is 1. The number of nitrogen functional groups attached to an aromatic ring is 1. The summed E-state index contributed by atoms with van der Waals surface area (Å²) in [7, 11) is 0. The predicted molar refractivity (Wildman–Crippen MR) is 80.7 cm³/mol. The number of hydrogen-bond donors (Lipinski definition) is 3. The molecule has 1 unspecified atom stereocenters. The molecule has 4 N–H and O–H groups in total. The van der Waals surface area contributed by atoms with Crippen LogP contribution in [0.25, 0.3) is 0 Å². The lowest BCUT2D eigenvalue weighted by molar-refractivity contribution is -0.117. The van der Waals surface area contributed by atoms with E-state index >= 15 is 0 Å². The zero-order chi connectivity index (χ0) is 14.5. The number of rotatable bonds is 5. The lowest BCUT2D eigenvalue weighted by Gasteiger charge is -2.16. The van der Waals surface area contributed by atoms with Gasteiger partial charge in [0.15, 0.2) is 0 Å². The molecule has 0 bridgehead atoms. The molecule has 20 heavy (non-hydrogen) atoms. The number of benzene rings is 1.